The molecular formula is C5H13NOS2. The van der Waals surface area contributed by atoms with Crippen molar-refractivity contribution in [1.29, 1.82) is 0 Å². The smallest absolute Gasteiger partial charge is 0.0871 e. The first kappa shape index (κ1) is 9.49. The predicted octanol–water partition coefficient (Wildman–Crippen LogP) is 0.417. The van der Waals surface area contributed by atoms with Gasteiger partial charge in [0.2, 0.25) is 0 Å². The Kier molecular flexibility index (Phi) is 5.58. The largest absolute Gasteiger partial charge is 0.358 e. The molecule has 0 aliphatic rings. The quantitative estimate of drug-likeness (QED) is 0.363. The highest BCUT2D eigenvalue weighted by molar-refractivity contribution is 7.98. The summed E-state index contributed by atoms with van der Waals surface area (Å²) in [6, 6.07) is -0.255. The van der Waals surface area contributed by atoms with Crippen LogP contribution in [0, 0.1) is 0 Å². The van der Waals surface area contributed by atoms with Crippen LogP contribution in [0.5, 0.6) is 0 Å². The van der Waals surface area contributed by atoms with Crippen LogP contribution in [0.1, 0.15) is 6.92 Å². The summed E-state index contributed by atoms with van der Waals surface area (Å²) in [5.74, 6) is 1.42. The van der Waals surface area contributed by atoms with Crippen LogP contribution < -0.4 is 5.73 Å². The monoisotopic (exact) mass is 167 g/mol. The number of aliphatic hydroxyl groups is 1. The molecule has 0 fully saturated rings. The SMILES string of the molecule is CC[SH]=C(O)[C@@H](N)CS. The zero-order valence-corrected chi connectivity index (χ0v) is 7.20. The van der Waals surface area contributed by atoms with Gasteiger partial charge in [0.15, 0.2) is 0 Å². The molecule has 1 atom stereocenters. The van der Waals surface area contributed by atoms with Gasteiger partial charge in [0.25, 0.3) is 0 Å². The van der Waals surface area contributed by atoms with E-state index in [-0.39, 0.29) is 6.04 Å². The van der Waals surface area contributed by atoms with Crippen molar-refractivity contribution in [3.8, 4) is 0 Å². The molecule has 0 aliphatic heterocycles. The van der Waals surface area contributed by atoms with Crippen molar-refractivity contribution in [1.82, 2.24) is 0 Å². The van der Waals surface area contributed by atoms with Crippen LogP contribution in [0.25, 0.3) is 0 Å². The van der Waals surface area contributed by atoms with Crippen molar-refractivity contribution in [2.45, 2.75) is 13.0 Å². The Bertz CT molecular complexity index is 105. The molecule has 2 nitrogen and oxygen atoms in total. The third kappa shape index (κ3) is 3.97. The topological polar surface area (TPSA) is 46.2 Å². The van der Waals surface area contributed by atoms with Crippen LogP contribution in [0.3, 0.4) is 0 Å². The van der Waals surface area contributed by atoms with Gasteiger partial charge in [-0.3, -0.25) is 0 Å². The van der Waals surface area contributed by atoms with Crippen LogP contribution in [0.4, 0.5) is 0 Å². The Morgan fingerprint density at radius 1 is 1.89 bits per heavy atom. The van der Waals surface area contributed by atoms with Crippen LogP contribution in [-0.2, 0) is 0 Å². The van der Waals surface area contributed by atoms with Gasteiger partial charge in [-0.2, -0.15) is 24.0 Å². The van der Waals surface area contributed by atoms with Crippen LogP contribution in [0.15, 0.2) is 0 Å². The van der Waals surface area contributed by atoms with Crippen molar-refractivity contribution in [2.24, 2.45) is 5.73 Å². The van der Waals surface area contributed by atoms with Crippen molar-refractivity contribution in [3.05, 3.63) is 0 Å². The van der Waals surface area contributed by atoms with Gasteiger partial charge in [-0.15, -0.1) is 0 Å². The molecule has 0 rings (SSSR count). The maximum Gasteiger partial charge on any atom is 0.0871 e. The lowest BCUT2D eigenvalue weighted by Gasteiger charge is -2.05. The maximum absolute atomic E-state index is 9.05. The number of nitrogens with two attached hydrogens (primary N) is 1. The summed E-state index contributed by atoms with van der Waals surface area (Å²) in [5.41, 5.74) is 5.43. The second-order valence-corrected chi connectivity index (χ2v) is 3.39. The summed E-state index contributed by atoms with van der Waals surface area (Å²) in [6.45, 7) is 1.99. The molecule has 0 saturated carbocycles. The molecule has 0 spiro atoms. The molecule has 0 bridgehead atoms. The third-order valence-electron chi connectivity index (χ3n) is 0.848. The van der Waals surface area contributed by atoms with E-state index in [0.717, 1.165) is 17.1 Å². The van der Waals surface area contributed by atoms with E-state index in [1.54, 1.807) is 0 Å². The number of hydrogen-bond donors (Lipinski definition) is 4. The van der Waals surface area contributed by atoms with Gasteiger partial charge in [-0.1, -0.05) is 6.92 Å². The molecule has 56 valence electrons. The van der Waals surface area contributed by atoms with Gasteiger partial charge >= 0.3 is 0 Å². The second-order valence-electron chi connectivity index (χ2n) is 1.62. The molecule has 0 aromatic carbocycles. The molecule has 9 heavy (non-hydrogen) atoms. The van der Waals surface area contributed by atoms with Crippen molar-refractivity contribution in [3.63, 3.8) is 0 Å². The lowest BCUT2D eigenvalue weighted by atomic mass is 10.4. The molecule has 0 amide bonds. The van der Waals surface area contributed by atoms with Gasteiger partial charge in [0.1, 0.15) is 0 Å². The van der Waals surface area contributed by atoms with Crippen LogP contribution >= 0.6 is 24.0 Å². The summed E-state index contributed by atoms with van der Waals surface area (Å²) >= 11 is 4.86. The first-order valence-electron chi connectivity index (χ1n) is 2.82. The Hall–Kier alpha value is 0.490. The van der Waals surface area contributed by atoms with Crippen LogP contribution in [0.2, 0.25) is 0 Å². The second kappa shape index (κ2) is 5.29. The van der Waals surface area contributed by atoms with E-state index >= 15 is 0 Å². The Labute approximate surface area is 64.8 Å². The van der Waals surface area contributed by atoms with E-state index in [2.05, 4.69) is 12.6 Å². The van der Waals surface area contributed by atoms with E-state index in [4.69, 9.17) is 10.8 Å². The lowest BCUT2D eigenvalue weighted by Crippen LogP contribution is -2.31. The molecule has 0 heterocycles. The van der Waals surface area contributed by atoms with E-state index in [0.29, 0.717) is 10.8 Å². The van der Waals surface area contributed by atoms with Gasteiger partial charge in [-0.25, -0.2) is 0 Å². The molecule has 0 aromatic heterocycles. The number of aliphatic hydroxyl groups excluding tert-OH is 1. The molecule has 0 unspecified atom stereocenters. The van der Waals surface area contributed by atoms with Crippen molar-refractivity contribution < 1.29 is 5.11 Å². The van der Waals surface area contributed by atoms with Gasteiger partial charge < -0.3 is 10.8 Å². The molecule has 0 radical (unpaired) electrons. The molecule has 0 saturated heterocycles. The fourth-order valence-electron chi connectivity index (χ4n) is 0.361. The minimum atomic E-state index is -0.255. The highest BCUT2D eigenvalue weighted by Crippen LogP contribution is 1.93. The molecule has 0 aromatic rings. The Balaban J connectivity index is 3.70. The summed E-state index contributed by atoms with van der Waals surface area (Å²) in [7, 11) is 0. The summed E-state index contributed by atoms with van der Waals surface area (Å²) < 4.78 is 0. The van der Waals surface area contributed by atoms with Crippen LogP contribution in [-0.4, -0.2) is 27.7 Å². The fourth-order valence-corrected chi connectivity index (χ4v) is 1.33. The summed E-state index contributed by atoms with van der Waals surface area (Å²) in [4.78, 5) is 0. The molecular weight excluding hydrogens is 154 g/mol. The highest BCUT2D eigenvalue weighted by atomic mass is 32.1. The molecule has 4 heteroatoms. The lowest BCUT2D eigenvalue weighted by molar-refractivity contribution is 0.539. The van der Waals surface area contributed by atoms with Crippen molar-refractivity contribution in [2.75, 3.05) is 11.5 Å². The van der Waals surface area contributed by atoms with Crippen molar-refractivity contribution >= 4 is 29.0 Å². The zero-order valence-electron chi connectivity index (χ0n) is 5.41. The number of hydrogen-bond acceptors (Lipinski definition) is 2. The average molecular weight is 167 g/mol. The number of thiol groups is 2. The van der Waals surface area contributed by atoms with E-state index in [9.17, 15) is 0 Å². The summed E-state index contributed by atoms with van der Waals surface area (Å²) in [5, 5.41) is 9.39. The summed E-state index contributed by atoms with van der Waals surface area (Å²) in [6.07, 6.45) is 0. The molecule has 3 N–H and O–H groups in total. The third-order valence-corrected chi connectivity index (χ3v) is 2.21. The zero-order chi connectivity index (χ0) is 7.28. The van der Waals surface area contributed by atoms with Gasteiger partial charge in [-0.05, 0) is 5.75 Å². The van der Waals surface area contributed by atoms with Gasteiger partial charge in [0.05, 0.1) is 11.1 Å². The minimum Gasteiger partial charge on any atom is -0.358 e. The first-order valence-corrected chi connectivity index (χ1v) is 4.53. The number of rotatable bonds is 3. The normalized spacial score (nSPS) is 16.7. The van der Waals surface area contributed by atoms with E-state index < -0.39 is 0 Å². The predicted molar refractivity (Wildman–Crippen MR) is 49.0 cm³/mol. The Morgan fingerprint density at radius 3 is 2.78 bits per heavy atom. The maximum atomic E-state index is 9.05. The van der Waals surface area contributed by atoms with Gasteiger partial charge in [0, 0.05) is 5.75 Å². The minimum absolute atomic E-state index is 0.255. The fraction of sp³-hybridized carbons (Fsp3) is 0.800. The first-order chi connectivity index (χ1) is 4.22. The molecule has 0 aliphatic carbocycles. The van der Waals surface area contributed by atoms with E-state index in [1.165, 1.54) is 0 Å². The van der Waals surface area contributed by atoms with E-state index in [1.807, 2.05) is 6.92 Å². The highest BCUT2D eigenvalue weighted by Gasteiger charge is 2.01. The average Bonchev–Trinajstić information content (AvgIpc) is 1.87. The Morgan fingerprint density at radius 2 is 2.44 bits per heavy atom. The standard InChI is InChI=1S/C5H13NOS2/c1-2-9-5(7)4(6)3-8/h4,7-9H,2-3,6H2,1H3/t4-/m0/s1.